The third kappa shape index (κ3) is 9.28. The molecule has 0 rings (SSSR count). The molecule has 0 saturated heterocycles. The van der Waals surface area contributed by atoms with Crippen molar-refractivity contribution >= 4 is 12.1 Å². The van der Waals surface area contributed by atoms with Crippen LogP contribution in [0.4, 0.5) is 4.79 Å². The fourth-order valence-corrected chi connectivity index (χ4v) is 1.17. The summed E-state index contributed by atoms with van der Waals surface area (Å²) in [5.74, 6) is -0.306. The van der Waals surface area contributed by atoms with Crippen LogP contribution in [0.5, 0.6) is 0 Å². The molecule has 0 aromatic heterocycles. The second kappa shape index (κ2) is 9.60. The van der Waals surface area contributed by atoms with Crippen molar-refractivity contribution in [2.45, 2.75) is 60.2 Å². The number of rotatable bonds is 9. The molecule has 0 aliphatic heterocycles. The number of ether oxygens (including phenoxy) is 4. The highest BCUT2D eigenvalue weighted by molar-refractivity contribution is 5.75. The van der Waals surface area contributed by atoms with Crippen LogP contribution in [0, 0.1) is 5.41 Å². The zero-order chi connectivity index (χ0) is 16.5. The summed E-state index contributed by atoms with van der Waals surface area (Å²) >= 11 is 0. The fourth-order valence-electron chi connectivity index (χ4n) is 1.17. The lowest BCUT2D eigenvalue weighted by Gasteiger charge is -2.21. The summed E-state index contributed by atoms with van der Waals surface area (Å²) in [6.07, 6.45) is -0.579. The molecule has 124 valence electrons. The predicted octanol–water partition coefficient (Wildman–Crippen LogP) is 2.93. The molecule has 6 heteroatoms. The average Bonchev–Trinajstić information content (AvgIpc) is 2.40. The van der Waals surface area contributed by atoms with Gasteiger partial charge in [-0.3, -0.25) is 4.79 Å². The zero-order valence-corrected chi connectivity index (χ0v) is 13.9. The molecule has 0 saturated carbocycles. The first-order chi connectivity index (χ1) is 9.69. The zero-order valence-electron chi connectivity index (χ0n) is 13.9. The van der Waals surface area contributed by atoms with Gasteiger partial charge in [0.2, 0.25) is 0 Å². The highest BCUT2D eigenvalue weighted by Gasteiger charge is 2.27. The standard InChI is InChI=1S/C15H28O6/c1-7-15(5,6)13(16)20-10-12(4)21-14(17)19-9-8-18-11(2)3/h11-12H,7-10H2,1-6H3. The molecule has 0 amide bonds. The SMILES string of the molecule is CCC(C)(C)C(=O)OCC(C)OC(=O)OCCOC(C)C. The smallest absolute Gasteiger partial charge is 0.461 e. The van der Waals surface area contributed by atoms with Crippen LogP contribution in [-0.4, -0.2) is 44.2 Å². The summed E-state index contributed by atoms with van der Waals surface area (Å²) in [5.41, 5.74) is -0.533. The number of hydrogen-bond donors (Lipinski definition) is 0. The van der Waals surface area contributed by atoms with E-state index in [0.29, 0.717) is 13.0 Å². The van der Waals surface area contributed by atoms with E-state index in [9.17, 15) is 9.59 Å². The molecule has 0 heterocycles. The Bertz CT molecular complexity index is 324. The summed E-state index contributed by atoms with van der Waals surface area (Å²) in [7, 11) is 0. The Balaban J connectivity index is 3.86. The van der Waals surface area contributed by atoms with E-state index in [2.05, 4.69) is 0 Å². The van der Waals surface area contributed by atoms with Crippen LogP contribution in [-0.2, 0) is 23.7 Å². The Morgan fingerprint density at radius 2 is 1.67 bits per heavy atom. The van der Waals surface area contributed by atoms with E-state index < -0.39 is 17.7 Å². The largest absolute Gasteiger partial charge is 0.508 e. The van der Waals surface area contributed by atoms with Crippen LogP contribution in [0.1, 0.15) is 48.0 Å². The summed E-state index contributed by atoms with van der Waals surface area (Å²) < 4.78 is 20.1. The Labute approximate surface area is 127 Å². The van der Waals surface area contributed by atoms with Gasteiger partial charge in [-0.1, -0.05) is 6.92 Å². The van der Waals surface area contributed by atoms with E-state index in [1.807, 2.05) is 34.6 Å². The lowest BCUT2D eigenvalue weighted by atomic mass is 9.91. The number of hydrogen-bond acceptors (Lipinski definition) is 6. The molecule has 21 heavy (non-hydrogen) atoms. The van der Waals surface area contributed by atoms with Gasteiger partial charge in [0.1, 0.15) is 19.3 Å². The van der Waals surface area contributed by atoms with Gasteiger partial charge >= 0.3 is 12.1 Å². The van der Waals surface area contributed by atoms with E-state index in [-0.39, 0.29) is 25.3 Å². The minimum Gasteiger partial charge on any atom is -0.461 e. The van der Waals surface area contributed by atoms with Crippen molar-refractivity contribution in [1.29, 1.82) is 0 Å². The van der Waals surface area contributed by atoms with Crippen molar-refractivity contribution in [2.24, 2.45) is 5.41 Å². The monoisotopic (exact) mass is 304 g/mol. The summed E-state index contributed by atoms with van der Waals surface area (Å²) in [5, 5.41) is 0. The Morgan fingerprint density at radius 3 is 2.19 bits per heavy atom. The Kier molecular flexibility index (Phi) is 9.01. The van der Waals surface area contributed by atoms with Crippen molar-refractivity contribution < 1.29 is 28.5 Å². The molecule has 0 N–H and O–H groups in total. The molecule has 1 atom stereocenters. The van der Waals surface area contributed by atoms with Crippen molar-refractivity contribution in [1.82, 2.24) is 0 Å². The van der Waals surface area contributed by atoms with Crippen molar-refractivity contribution in [3.63, 3.8) is 0 Å². The molecule has 0 radical (unpaired) electrons. The molecule has 0 fully saturated rings. The molecule has 1 unspecified atom stereocenters. The molecule has 0 aromatic carbocycles. The maximum absolute atomic E-state index is 11.8. The molecule has 0 spiro atoms. The van der Waals surface area contributed by atoms with Crippen LogP contribution in [0.3, 0.4) is 0 Å². The van der Waals surface area contributed by atoms with Gasteiger partial charge in [-0.15, -0.1) is 0 Å². The predicted molar refractivity (Wildman–Crippen MR) is 78.0 cm³/mol. The molecule has 0 aliphatic carbocycles. The van der Waals surface area contributed by atoms with Gasteiger partial charge < -0.3 is 18.9 Å². The maximum Gasteiger partial charge on any atom is 0.508 e. The van der Waals surface area contributed by atoms with Gasteiger partial charge in [-0.25, -0.2) is 4.79 Å². The van der Waals surface area contributed by atoms with Gasteiger partial charge in [0.15, 0.2) is 0 Å². The van der Waals surface area contributed by atoms with E-state index in [0.717, 1.165) is 0 Å². The van der Waals surface area contributed by atoms with Gasteiger partial charge in [-0.2, -0.15) is 0 Å². The minimum atomic E-state index is -0.791. The second-order valence-electron chi connectivity index (χ2n) is 5.78. The fraction of sp³-hybridized carbons (Fsp3) is 0.867. The van der Waals surface area contributed by atoms with Crippen LogP contribution in [0.2, 0.25) is 0 Å². The lowest BCUT2D eigenvalue weighted by Crippen LogP contribution is -2.30. The Morgan fingerprint density at radius 1 is 1.05 bits per heavy atom. The third-order valence-corrected chi connectivity index (χ3v) is 2.94. The van der Waals surface area contributed by atoms with Crippen LogP contribution >= 0.6 is 0 Å². The van der Waals surface area contributed by atoms with Crippen molar-refractivity contribution in [3.05, 3.63) is 0 Å². The van der Waals surface area contributed by atoms with Gasteiger partial charge in [0.05, 0.1) is 18.1 Å². The molecule has 6 nitrogen and oxygen atoms in total. The maximum atomic E-state index is 11.8. The van der Waals surface area contributed by atoms with E-state index >= 15 is 0 Å². The molecule has 0 aliphatic rings. The summed E-state index contributed by atoms with van der Waals surface area (Å²) in [4.78, 5) is 23.1. The normalized spacial score (nSPS) is 12.9. The van der Waals surface area contributed by atoms with Gasteiger partial charge in [0, 0.05) is 0 Å². The highest BCUT2D eigenvalue weighted by atomic mass is 16.7. The first-order valence-electron chi connectivity index (χ1n) is 7.31. The average molecular weight is 304 g/mol. The van der Waals surface area contributed by atoms with Crippen LogP contribution in [0.25, 0.3) is 0 Å². The van der Waals surface area contributed by atoms with Gasteiger partial charge in [0.25, 0.3) is 0 Å². The summed E-state index contributed by atoms with van der Waals surface area (Å²) in [6.45, 7) is 11.4. The number of esters is 1. The molecular formula is C15H28O6. The number of carbonyl (C=O) groups excluding carboxylic acids is 2. The van der Waals surface area contributed by atoms with Crippen LogP contribution in [0.15, 0.2) is 0 Å². The van der Waals surface area contributed by atoms with E-state index in [4.69, 9.17) is 18.9 Å². The van der Waals surface area contributed by atoms with Crippen LogP contribution < -0.4 is 0 Å². The summed E-state index contributed by atoms with van der Waals surface area (Å²) in [6, 6.07) is 0. The topological polar surface area (TPSA) is 71.1 Å². The Hall–Kier alpha value is -1.30. The van der Waals surface area contributed by atoms with E-state index in [1.165, 1.54) is 0 Å². The molecule has 0 aromatic rings. The van der Waals surface area contributed by atoms with E-state index in [1.54, 1.807) is 6.92 Å². The second-order valence-corrected chi connectivity index (χ2v) is 5.78. The van der Waals surface area contributed by atoms with Crippen molar-refractivity contribution in [2.75, 3.05) is 19.8 Å². The lowest BCUT2D eigenvalue weighted by molar-refractivity contribution is -0.157. The third-order valence-electron chi connectivity index (χ3n) is 2.94. The molecular weight excluding hydrogens is 276 g/mol. The molecule has 0 bridgehead atoms. The van der Waals surface area contributed by atoms with Gasteiger partial charge in [-0.05, 0) is 41.0 Å². The quantitative estimate of drug-likeness (QED) is 0.482. The highest BCUT2D eigenvalue weighted by Crippen LogP contribution is 2.21. The number of carbonyl (C=O) groups is 2. The van der Waals surface area contributed by atoms with Crippen molar-refractivity contribution in [3.8, 4) is 0 Å². The first-order valence-corrected chi connectivity index (χ1v) is 7.31. The first kappa shape index (κ1) is 19.7. The minimum absolute atomic E-state index is 0.0137.